The quantitative estimate of drug-likeness (QED) is 0.314. The molecule has 0 saturated heterocycles. The average molecular weight is 566 g/mol. The molecule has 2 aliphatic carbocycles. The van der Waals surface area contributed by atoms with Crippen molar-refractivity contribution in [1.82, 2.24) is 29.2 Å². The highest BCUT2D eigenvalue weighted by Crippen LogP contribution is 2.48. The topological polar surface area (TPSA) is 101 Å². The Labute approximate surface area is 245 Å². The number of likely N-dealkylation sites (N-methyl/N-ethyl adjacent to an activating group) is 1. The zero-order valence-corrected chi connectivity index (χ0v) is 24.9. The monoisotopic (exact) mass is 565 g/mol. The molecule has 0 saturated carbocycles. The van der Waals surface area contributed by atoms with E-state index in [0.29, 0.717) is 47.3 Å². The summed E-state index contributed by atoms with van der Waals surface area (Å²) in [6.07, 6.45) is 8.76. The van der Waals surface area contributed by atoms with E-state index in [1.165, 1.54) is 29.5 Å². The van der Waals surface area contributed by atoms with E-state index in [9.17, 15) is 9.90 Å². The lowest BCUT2D eigenvalue weighted by molar-refractivity contribution is 0.0306. The fraction of sp³-hybridized carbons (Fsp3) is 0.455. The molecule has 0 fully saturated rings. The number of aryl methyl sites for hydroxylation is 2. The lowest BCUT2D eigenvalue weighted by atomic mass is 9.68. The van der Waals surface area contributed by atoms with Crippen LogP contribution in [0.5, 0.6) is 0 Å². The third-order valence-electron chi connectivity index (χ3n) is 10.1. The predicted molar refractivity (Wildman–Crippen MR) is 165 cm³/mol. The van der Waals surface area contributed by atoms with Crippen molar-refractivity contribution in [3.8, 4) is 5.82 Å². The SMILES string of the molecule is C=CCn1c(=O)c2cnc(Nc3cc4c5c(c3)CN(C)C(C)(C)C5CCC4)nc2n1-c1ccc2c(n1)C(O)(CC)CC2. The number of fused-ring (bicyclic) bond motifs is 2. The molecule has 0 amide bonds. The maximum Gasteiger partial charge on any atom is 0.278 e. The first kappa shape index (κ1) is 27.0. The normalized spacial score (nSPS) is 22.6. The maximum atomic E-state index is 13.5. The summed E-state index contributed by atoms with van der Waals surface area (Å²) in [5, 5.41) is 15.1. The summed E-state index contributed by atoms with van der Waals surface area (Å²) >= 11 is 0. The van der Waals surface area contributed by atoms with Crippen molar-refractivity contribution in [3.05, 3.63) is 81.4 Å². The van der Waals surface area contributed by atoms with E-state index < -0.39 is 5.60 Å². The van der Waals surface area contributed by atoms with Crippen LogP contribution < -0.4 is 10.9 Å². The molecular formula is C33H39N7O2. The number of allylic oxidation sites excluding steroid dienone is 1. The molecule has 9 heteroatoms. The Kier molecular flexibility index (Phi) is 6.18. The molecule has 2 unspecified atom stereocenters. The van der Waals surface area contributed by atoms with Gasteiger partial charge in [-0.3, -0.25) is 9.69 Å². The highest BCUT2D eigenvalue weighted by atomic mass is 16.3. The summed E-state index contributed by atoms with van der Waals surface area (Å²) in [6.45, 7) is 11.7. The summed E-state index contributed by atoms with van der Waals surface area (Å²) in [5.41, 5.74) is 6.41. The number of hydrogen-bond acceptors (Lipinski definition) is 7. The number of pyridine rings is 1. The largest absolute Gasteiger partial charge is 0.384 e. The fourth-order valence-corrected chi connectivity index (χ4v) is 7.45. The summed E-state index contributed by atoms with van der Waals surface area (Å²) in [6, 6.07) is 8.39. The molecule has 218 valence electrons. The number of benzene rings is 1. The zero-order valence-electron chi connectivity index (χ0n) is 24.9. The highest BCUT2D eigenvalue weighted by molar-refractivity contribution is 5.77. The second-order valence-electron chi connectivity index (χ2n) is 12.8. The molecular weight excluding hydrogens is 526 g/mol. The molecule has 42 heavy (non-hydrogen) atoms. The standard InChI is InChI=1S/C33H39N7O2/c1-6-15-39-30(41)24-18-34-31(37-29(24)40(39)26-12-11-20-13-14-33(42,7-2)28(20)36-26)35-23-16-21-9-8-10-25-27(21)22(17-23)19-38(5)32(25,3)4/h6,11-12,16-18,25,42H,1,7-10,13-15,19H2,2-5H3,(H,34,35,37). The van der Waals surface area contributed by atoms with Crippen molar-refractivity contribution in [2.45, 2.75) is 89.4 Å². The Morgan fingerprint density at radius 1 is 1.17 bits per heavy atom. The van der Waals surface area contributed by atoms with Crippen molar-refractivity contribution in [2.75, 3.05) is 12.4 Å². The predicted octanol–water partition coefficient (Wildman–Crippen LogP) is 5.09. The summed E-state index contributed by atoms with van der Waals surface area (Å²) in [7, 11) is 2.22. The van der Waals surface area contributed by atoms with Gasteiger partial charge in [0.1, 0.15) is 11.0 Å². The molecule has 3 aliphatic rings. The van der Waals surface area contributed by atoms with E-state index in [4.69, 9.17) is 9.97 Å². The van der Waals surface area contributed by atoms with Crippen molar-refractivity contribution in [1.29, 1.82) is 0 Å². The van der Waals surface area contributed by atoms with Gasteiger partial charge in [0, 0.05) is 29.9 Å². The molecule has 0 spiro atoms. The summed E-state index contributed by atoms with van der Waals surface area (Å²) < 4.78 is 3.31. The molecule has 9 nitrogen and oxygen atoms in total. The minimum atomic E-state index is -0.964. The van der Waals surface area contributed by atoms with Gasteiger partial charge in [-0.25, -0.2) is 19.3 Å². The number of nitrogens with one attached hydrogen (secondary N) is 1. The maximum absolute atomic E-state index is 13.5. The number of hydrogen-bond donors (Lipinski definition) is 2. The third kappa shape index (κ3) is 3.97. The van der Waals surface area contributed by atoms with Gasteiger partial charge in [0.25, 0.3) is 5.56 Å². The van der Waals surface area contributed by atoms with Crippen LogP contribution in [0.3, 0.4) is 0 Å². The van der Waals surface area contributed by atoms with E-state index >= 15 is 0 Å². The zero-order chi connectivity index (χ0) is 29.4. The van der Waals surface area contributed by atoms with E-state index in [-0.39, 0.29) is 17.6 Å². The summed E-state index contributed by atoms with van der Waals surface area (Å²) in [4.78, 5) is 30.3. The van der Waals surface area contributed by atoms with Crippen molar-refractivity contribution in [3.63, 3.8) is 0 Å². The lowest BCUT2D eigenvalue weighted by Crippen LogP contribution is -2.50. The van der Waals surface area contributed by atoms with Crippen LogP contribution in [-0.4, -0.2) is 46.9 Å². The lowest BCUT2D eigenvalue weighted by Gasteiger charge is -2.49. The van der Waals surface area contributed by atoms with Crippen LogP contribution in [0, 0.1) is 0 Å². The van der Waals surface area contributed by atoms with E-state index in [2.05, 4.69) is 54.8 Å². The Bertz CT molecular complexity index is 1800. The molecule has 0 bridgehead atoms. The van der Waals surface area contributed by atoms with Crippen LogP contribution in [0.15, 0.2) is 47.9 Å². The first-order chi connectivity index (χ1) is 20.1. The number of aromatic nitrogens is 5. The molecule has 1 aromatic carbocycles. The number of nitrogens with zero attached hydrogens (tertiary/aromatic N) is 6. The molecule has 1 aliphatic heterocycles. The fourth-order valence-electron chi connectivity index (χ4n) is 7.45. The molecule has 2 N–H and O–H groups in total. The van der Waals surface area contributed by atoms with Gasteiger partial charge in [-0.2, -0.15) is 4.98 Å². The smallest absolute Gasteiger partial charge is 0.278 e. The second kappa shape index (κ2) is 9.61. The first-order valence-electron chi connectivity index (χ1n) is 15.1. The summed E-state index contributed by atoms with van der Waals surface area (Å²) in [5.74, 6) is 1.49. The third-order valence-corrected chi connectivity index (χ3v) is 10.1. The van der Waals surface area contributed by atoms with Crippen molar-refractivity contribution in [2.24, 2.45) is 0 Å². The van der Waals surface area contributed by atoms with Gasteiger partial charge in [-0.05, 0) is 99.9 Å². The minimum Gasteiger partial charge on any atom is -0.384 e. The molecule has 0 radical (unpaired) electrons. The Balaban J connectivity index is 1.32. The van der Waals surface area contributed by atoms with Crippen molar-refractivity contribution < 1.29 is 5.11 Å². The van der Waals surface area contributed by atoms with E-state index in [1.807, 2.05) is 19.1 Å². The molecule has 4 aromatic rings. The molecule has 2 atom stereocenters. The van der Waals surface area contributed by atoms with E-state index in [0.717, 1.165) is 30.6 Å². The van der Waals surface area contributed by atoms with Crippen LogP contribution >= 0.6 is 0 Å². The Morgan fingerprint density at radius 2 is 1.98 bits per heavy atom. The highest BCUT2D eigenvalue weighted by Gasteiger charge is 2.42. The number of rotatable bonds is 6. The van der Waals surface area contributed by atoms with Crippen LogP contribution in [0.2, 0.25) is 0 Å². The van der Waals surface area contributed by atoms with Gasteiger partial charge in [0.2, 0.25) is 5.95 Å². The molecule has 4 heterocycles. The molecule has 7 rings (SSSR count). The molecule has 3 aromatic heterocycles. The minimum absolute atomic E-state index is 0.131. The first-order valence-corrected chi connectivity index (χ1v) is 15.1. The van der Waals surface area contributed by atoms with Gasteiger partial charge < -0.3 is 10.4 Å². The average Bonchev–Trinajstić information content (AvgIpc) is 3.45. The second-order valence-corrected chi connectivity index (χ2v) is 12.8. The van der Waals surface area contributed by atoms with E-state index in [1.54, 1.807) is 21.6 Å². The van der Waals surface area contributed by atoms with Crippen LogP contribution in [0.1, 0.15) is 80.3 Å². The van der Waals surface area contributed by atoms with Gasteiger partial charge in [-0.15, -0.1) is 6.58 Å². The van der Waals surface area contributed by atoms with Gasteiger partial charge in [-0.1, -0.05) is 19.1 Å². The van der Waals surface area contributed by atoms with Crippen LogP contribution in [0.4, 0.5) is 11.6 Å². The Morgan fingerprint density at radius 3 is 2.76 bits per heavy atom. The van der Waals surface area contributed by atoms with Crippen LogP contribution in [0.25, 0.3) is 16.9 Å². The van der Waals surface area contributed by atoms with Gasteiger partial charge >= 0.3 is 0 Å². The van der Waals surface area contributed by atoms with Crippen LogP contribution in [-0.2, 0) is 31.5 Å². The van der Waals surface area contributed by atoms with Crippen molar-refractivity contribution >= 4 is 22.7 Å². The number of aliphatic hydroxyl groups is 1. The number of anilines is 2. The Hall–Kier alpha value is -3.82. The van der Waals surface area contributed by atoms with Gasteiger partial charge in [0.05, 0.1) is 12.2 Å². The van der Waals surface area contributed by atoms with Gasteiger partial charge in [0.15, 0.2) is 11.5 Å².